The third kappa shape index (κ3) is 3.30. The number of para-hydroxylation sites is 1. The third-order valence-corrected chi connectivity index (χ3v) is 4.02. The predicted molar refractivity (Wildman–Crippen MR) is 93.0 cm³/mol. The van der Waals surface area contributed by atoms with Gasteiger partial charge in [0.25, 0.3) is 0 Å². The molecule has 1 saturated heterocycles. The molecule has 2 aromatic rings. The van der Waals surface area contributed by atoms with Crippen molar-refractivity contribution in [2.75, 3.05) is 18.0 Å². The van der Waals surface area contributed by atoms with Gasteiger partial charge in [0.15, 0.2) is 0 Å². The molecule has 1 aromatic heterocycles. The summed E-state index contributed by atoms with van der Waals surface area (Å²) >= 11 is 0. The van der Waals surface area contributed by atoms with Gasteiger partial charge in [0, 0.05) is 24.0 Å². The van der Waals surface area contributed by atoms with E-state index in [4.69, 9.17) is 4.74 Å². The SMILES string of the molecule is CC(C)(C)OC(=O)N[C@H]1CCN(c2[nH]c3ccccc3c2C#N)C1. The molecule has 6 heteroatoms. The topological polar surface area (TPSA) is 81.2 Å². The first-order valence-electron chi connectivity index (χ1n) is 8.12. The summed E-state index contributed by atoms with van der Waals surface area (Å²) in [6, 6.07) is 10.1. The Labute approximate surface area is 141 Å². The minimum atomic E-state index is -0.506. The van der Waals surface area contributed by atoms with Gasteiger partial charge >= 0.3 is 6.09 Å². The number of ether oxygens (including phenoxy) is 1. The van der Waals surface area contributed by atoms with Crippen LogP contribution in [0.2, 0.25) is 0 Å². The Hall–Kier alpha value is -2.68. The van der Waals surface area contributed by atoms with E-state index in [1.165, 1.54) is 0 Å². The number of nitrogens with zero attached hydrogens (tertiary/aromatic N) is 2. The fourth-order valence-corrected chi connectivity index (χ4v) is 3.03. The van der Waals surface area contributed by atoms with Crippen LogP contribution in [0.15, 0.2) is 24.3 Å². The zero-order valence-electron chi connectivity index (χ0n) is 14.2. The number of nitrogens with one attached hydrogen (secondary N) is 2. The first-order valence-corrected chi connectivity index (χ1v) is 8.12. The van der Waals surface area contributed by atoms with Gasteiger partial charge in [0.1, 0.15) is 23.1 Å². The number of alkyl carbamates (subject to hydrolysis) is 1. The van der Waals surface area contributed by atoms with Crippen LogP contribution in [0.3, 0.4) is 0 Å². The summed E-state index contributed by atoms with van der Waals surface area (Å²) in [6.45, 7) is 6.97. The minimum absolute atomic E-state index is 0.0119. The van der Waals surface area contributed by atoms with E-state index in [9.17, 15) is 10.1 Å². The maximum absolute atomic E-state index is 11.9. The smallest absolute Gasteiger partial charge is 0.407 e. The predicted octanol–water partition coefficient (Wildman–Crippen LogP) is 3.14. The molecule has 2 heterocycles. The second kappa shape index (κ2) is 6.08. The highest BCUT2D eigenvalue weighted by atomic mass is 16.6. The molecule has 1 fully saturated rings. The van der Waals surface area contributed by atoms with E-state index in [-0.39, 0.29) is 6.04 Å². The number of aromatic nitrogens is 1. The van der Waals surface area contributed by atoms with Gasteiger partial charge in [-0.1, -0.05) is 18.2 Å². The molecule has 0 saturated carbocycles. The fraction of sp³-hybridized carbons (Fsp3) is 0.444. The lowest BCUT2D eigenvalue weighted by atomic mass is 10.2. The molecular weight excluding hydrogens is 304 g/mol. The monoisotopic (exact) mass is 326 g/mol. The molecule has 1 atom stereocenters. The van der Waals surface area contributed by atoms with Crippen molar-refractivity contribution in [3.63, 3.8) is 0 Å². The molecule has 0 spiro atoms. The van der Waals surface area contributed by atoms with Crippen molar-refractivity contribution in [2.45, 2.75) is 38.8 Å². The highest BCUT2D eigenvalue weighted by molar-refractivity contribution is 5.91. The molecule has 6 nitrogen and oxygen atoms in total. The number of hydrogen-bond donors (Lipinski definition) is 2. The van der Waals surface area contributed by atoms with Crippen molar-refractivity contribution in [1.29, 1.82) is 5.26 Å². The van der Waals surface area contributed by atoms with Crippen LogP contribution in [0, 0.1) is 11.3 Å². The van der Waals surface area contributed by atoms with Gasteiger partial charge in [0.2, 0.25) is 0 Å². The highest BCUT2D eigenvalue weighted by Crippen LogP contribution is 2.30. The van der Waals surface area contributed by atoms with Crippen molar-refractivity contribution in [1.82, 2.24) is 10.3 Å². The molecule has 1 aliphatic heterocycles. The zero-order chi connectivity index (χ0) is 17.3. The van der Waals surface area contributed by atoms with E-state index in [0.717, 1.165) is 29.7 Å². The van der Waals surface area contributed by atoms with Crippen LogP contribution >= 0.6 is 0 Å². The fourth-order valence-electron chi connectivity index (χ4n) is 3.03. The number of rotatable bonds is 2. The van der Waals surface area contributed by atoms with Crippen LogP contribution in [0.1, 0.15) is 32.8 Å². The van der Waals surface area contributed by atoms with E-state index in [0.29, 0.717) is 12.1 Å². The summed E-state index contributed by atoms with van der Waals surface area (Å²) in [5, 5.41) is 13.4. The van der Waals surface area contributed by atoms with Gasteiger partial charge in [-0.25, -0.2) is 4.79 Å². The molecule has 126 valence electrons. The molecule has 1 aromatic carbocycles. The second-order valence-electron chi connectivity index (χ2n) is 7.08. The molecular formula is C18H22N4O2. The molecule has 1 amide bonds. The lowest BCUT2D eigenvalue weighted by Gasteiger charge is -2.22. The molecule has 1 aliphatic rings. The average Bonchev–Trinajstić information content (AvgIpc) is 3.08. The Morgan fingerprint density at radius 3 is 2.88 bits per heavy atom. The van der Waals surface area contributed by atoms with Gasteiger partial charge in [-0.15, -0.1) is 0 Å². The first kappa shape index (κ1) is 16.2. The maximum atomic E-state index is 11.9. The summed E-state index contributed by atoms with van der Waals surface area (Å²) in [5.74, 6) is 0.826. The highest BCUT2D eigenvalue weighted by Gasteiger charge is 2.28. The molecule has 0 radical (unpaired) electrons. The van der Waals surface area contributed by atoms with Crippen molar-refractivity contribution in [3.05, 3.63) is 29.8 Å². The Morgan fingerprint density at radius 2 is 2.17 bits per heavy atom. The normalized spacial score (nSPS) is 17.8. The first-order chi connectivity index (χ1) is 11.4. The van der Waals surface area contributed by atoms with Crippen LogP contribution in [-0.4, -0.2) is 35.8 Å². The Kier molecular flexibility index (Phi) is 4.10. The summed E-state index contributed by atoms with van der Waals surface area (Å²) in [6.07, 6.45) is 0.422. The van der Waals surface area contributed by atoms with E-state index >= 15 is 0 Å². The van der Waals surface area contributed by atoms with Crippen LogP contribution in [0.25, 0.3) is 10.9 Å². The molecule has 3 rings (SSSR count). The summed E-state index contributed by atoms with van der Waals surface area (Å²) in [4.78, 5) is 17.4. The molecule has 2 N–H and O–H groups in total. The van der Waals surface area contributed by atoms with Crippen molar-refractivity contribution >= 4 is 22.8 Å². The Bertz CT molecular complexity index is 797. The number of anilines is 1. The number of aromatic amines is 1. The number of H-pyrrole nitrogens is 1. The molecule has 0 aliphatic carbocycles. The molecule has 0 unspecified atom stereocenters. The number of hydrogen-bond acceptors (Lipinski definition) is 4. The van der Waals surface area contributed by atoms with Gasteiger partial charge in [-0.2, -0.15) is 5.26 Å². The third-order valence-electron chi connectivity index (χ3n) is 4.02. The number of fused-ring (bicyclic) bond motifs is 1. The van der Waals surface area contributed by atoms with E-state index in [2.05, 4.69) is 21.3 Å². The molecule has 0 bridgehead atoms. The number of carbonyl (C=O) groups excluding carboxylic acids is 1. The average molecular weight is 326 g/mol. The van der Waals surface area contributed by atoms with Crippen molar-refractivity contribution < 1.29 is 9.53 Å². The van der Waals surface area contributed by atoms with Gasteiger partial charge in [-0.3, -0.25) is 0 Å². The van der Waals surface area contributed by atoms with E-state index in [1.807, 2.05) is 45.0 Å². The van der Waals surface area contributed by atoms with Crippen LogP contribution < -0.4 is 10.2 Å². The van der Waals surface area contributed by atoms with Crippen molar-refractivity contribution in [2.24, 2.45) is 0 Å². The largest absolute Gasteiger partial charge is 0.444 e. The maximum Gasteiger partial charge on any atom is 0.407 e. The second-order valence-corrected chi connectivity index (χ2v) is 7.08. The van der Waals surface area contributed by atoms with Crippen LogP contribution in [0.5, 0.6) is 0 Å². The van der Waals surface area contributed by atoms with Crippen LogP contribution in [0.4, 0.5) is 10.6 Å². The van der Waals surface area contributed by atoms with Gasteiger partial charge < -0.3 is 19.9 Å². The standard InChI is InChI=1S/C18H22N4O2/c1-18(2,3)24-17(23)20-12-8-9-22(11-12)16-14(10-19)13-6-4-5-7-15(13)21-16/h4-7,12,21H,8-9,11H2,1-3H3,(H,20,23)/t12-/m0/s1. The Morgan fingerprint density at radius 1 is 1.42 bits per heavy atom. The summed E-state index contributed by atoms with van der Waals surface area (Å²) < 4.78 is 5.30. The lowest BCUT2D eigenvalue weighted by Crippen LogP contribution is -2.40. The van der Waals surface area contributed by atoms with Crippen LogP contribution in [-0.2, 0) is 4.74 Å². The molecule has 24 heavy (non-hydrogen) atoms. The van der Waals surface area contributed by atoms with Gasteiger partial charge in [-0.05, 0) is 33.3 Å². The quantitative estimate of drug-likeness (QED) is 0.888. The summed E-state index contributed by atoms with van der Waals surface area (Å²) in [7, 11) is 0. The number of amides is 1. The zero-order valence-corrected chi connectivity index (χ0v) is 14.2. The number of benzene rings is 1. The van der Waals surface area contributed by atoms with Crippen molar-refractivity contribution in [3.8, 4) is 6.07 Å². The summed E-state index contributed by atoms with van der Waals surface area (Å²) in [5.41, 5.74) is 1.10. The van der Waals surface area contributed by atoms with E-state index in [1.54, 1.807) is 0 Å². The minimum Gasteiger partial charge on any atom is -0.444 e. The number of carbonyl (C=O) groups is 1. The van der Waals surface area contributed by atoms with E-state index < -0.39 is 11.7 Å². The van der Waals surface area contributed by atoms with Gasteiger partial charge in [0.05, 0.1) is 6.04 Å². The Balaban J connectivity index is 1.72. The number of nitriles is 1. The lowest BCUT2D eigenvalue weighted by molar-refractivity contribution is 0.0509.